The van der Waals surface area contributed by atoms with Gasteiger partial charge in [-0.1, -0.05) is 0 Å². The van der Waals surface area contributed by atoms with Crippen LogP contribution in [0.4, 0.5) is 0 Å². The molecule has 1 N–H and O–H groups in total. The summed E-state index contributed by atoms with van der Waals surface area (Å²) in [5, 5.41) is 8.10. The highest BCUT2D eigenvalue weighted by molar-refractivity contribution is 6.05. The second-order valence-corrected chi connectivity index (χ2v) is 8.19. The van der Waals surface area contributed by atoms with Crippen molar-refractivity contribution in [2.24, 2.45) is 5.92 Å². The number of likely N-dealkylation sites (N-methyl/N-ethyl adjacent to an activating group) is 1. The molecule has 0 radical (unpaired) electrons. The predicted molar refractivity (Wildman–Crippen MR) is 110 cm³/mol. The van der Waals surface area contributed by atoms with E-state index in [0.717, 1.165) is 68.8 Å². The Morgan fingerprint density at radius 3 is 2.57 bits per heavy atom. The number of H-pyrrole nitrogens is 1. The molecule has 0 saturated carbocycles. The van der Waals surface area contributed by atoms with E-state index in [1.165, 1.54) is 0 Å². The molecule has 2 saturated heterocycles. The number of aromatic amines is 1. The van der Waals surface area contributed by atoms with Gasteiger partial charge in [-0.15, -0.1) is 0 Å². The Bertz CT molecular complexity index is 819. The van der Waals surface area contributed by atoms with Gasteiger partial charge in [0, 0.05) is 50.7 Å². The molecule has 1 aromatic carbocycles. The third kappa shape index (κ3) is 3.73. The number of likely N-dealkylation sites (tertiary alicyclic amines) is 1. The van der Waals surface area contributed by atoms with Gasteiger partial charge in [0.1, 0.15) is 5.75 Å². The quantitative estimate of drug-likeness (QED) is 0.873. The van der Waals surface area contributed by atoms with Crippen LogP contribution in [0.1, 0.15) is 30.3 Å². The van der Waals surface area contributed by atoms with Crippen LogP contribution in [0.2, 0.25) is 0 Å². The van der Waals surface area contributed by atoms with E-state index in [0.29, 0.717) is 17.7 Å². The molecule has 1 amide bonds. The topological polar surface area (TPSA) is 64.7 Å². The van der Waals surface area contributed by atoms with Crippen LogP contribution in [0.5, 0.6) is 5.75 Å². The number of rotatable bonds is 4. The zero-order valence-electron chi connectivity index (χ0n) is 17.1. The molecule has 3 heterocycles. The summed E-state index contributed by atoms with van der Waals surface area (Å²) in [5.41, 5.74) is 1.36. The lowest BCUT2D eigenvalue weighted by molar-refractivity contribution is 0.0498. The van der Waals surface area contributed by atoms with Crippen molar-refractivity contribution in [1.82, 2.24) is 24.9 Å². The molecule has 152 valence electrons. The summed E-state index contributed by atoms with van der Waals surface area (Å²) < 4.78 is 5.30. The summed E-state index contributed by atoms with van der Waals surface area (Å²) in [6, 6.07) is 6.25. The number of fused-ring (bicyclic) bond motifs is 1. The van der Waals surface area contributed by atoms with Crippen LogP contribution in [-0.4, -0.2) is 90.3 Å². The van der Waals surface area contributed by atoms with E-state index in [1.807, 2.05) is 23.1 Å². The highest BCUT2D eigenvalue weighted by Gasteiger charge is 2.31. The molecular formula is C21H31N5O2. The molecule has 1 atom stereocenters. The lowest BCUT2D eigenvalue weighted by Crippen LogP contribution is -2.52. The minimum absolute atomic E-state index is 0.0187. The second-order valence-electron chi connectivity index (χ2n) is 8.19. The molecular weight excluding hydrogens is 354 g/mol. The Balaban J connectivity index is 1.39. The maximum absolute atomic E-state index is 13.1. The second kappa shape index (κ2) is 8.09. The number of carbonyl (C=O) groups is 1. The van der Waals surface area contributed by atoms with Crippen molar-refractivity contribution in [3.8, 4) is 5.75 Å². The van der Waals surface area contributed by atoms with E-state index in [1.54, 1.807) is 7.11 Å². The van der Waals surface area contributed by atoms with E-state index >= 15 is 0 Å². The van der Waals surface area contributed by atoms with Crippen LogP contribution in [0, 0.1) is 5.92 Å². The van der Waals surface area contributed by atoms with Gasteiger partial charge in [0.05, 0.1) is 12.6 Å². The van der Waals surface area contributed by atoms with Crippen molar-refractivity contribution in [3.05, 3.63) is 23.9 Å². The number of nitrogens with zero attached hydrogens (tertiary/aromatic N) is 4. The van der Waals surface area contributed by atoms with Crippen molar-refractivity contribution in [3.63, 3.8) is 0 Å². The molecule has 28 heavy (non-hydrogen) atoms. The van der Waals surface area contributed by atoms with Crippen LogP contribution in [0.3, 0.4) is 0 Å². The molecule has 0 spiro atoms. The third-order valence-electron chi connectivity index (χ3n) is 6.60. The smallest absolute Gasteiger partial charge is 0.274 e. The molecule has 0 aliphatic carbocycles. The summed E-state index contributed by atoms with van der Waals surface area (Å²) in [5.74, 6) is 1.41. The summed E-state index contributed by atoms with van der Waals surface area (Å²) >= 11 is 0. The first kappa shape index (κ1) is 19.2. The highest BCUT2D eigenvalue weighted by atomic mass is 16.5. The molecule has 0 bridgehead atoms. The largest absolute Gasteiger partial charge is 0.497 e. The number of benzene rings is 1. The van der Waals surface area contributed by atoms with Crippen molar-refractivity contribution < 1.29 is 9.53 Å². The zero-order chi connectivity index (χ0) is 19.7. The maximum atomic E-state index is 13.1. The first-order valence-corrected chi connectivity index (χ1v) is 10.3. The summed E-state index contributed by atoms with van der Waals surface area (Å²) in [7, 11) is 3.83. The number of nitrogens with one attached hydrogen (secondary N) is 1. The Labute approximate surface area is 166 Å². The number of aromatic nitrogens is 2. The minimum Gasteiger partial charge on any atom is -0.497 e. The van der Waals surface area contributed by atoms with Crippen LogP contribution >= 0.6 is 0 Å². The normalized spacial score (nSPS) is 21.2. The van der Waals surface area contributed by atoms with Crippen LogP contribution in [-0.2, 0) is 0 Å². The van der Waals surface area contributed by atoms with Crippen molar-refractivity contribution in [2.75, 3.05) is 53.4 Å². The molecule has 1 aromatic heterocycles. The standard InChI is InChI=1S/C21H31N5O2/c1-15(25-12-10-24(2)11-13-25)16-6-8-26(9-7-16)21(27)20-18-14-17(28-3)4-5-19(18)22-23-20/h4-5,14-16H,6-13H2,1-3H3,(H,22,23). The monoisotopic (exact) mass is 385 g/mol. The number of methoxy groups -OCH3 is 1. The fourth-order valence-electron chi connectivity index (χ4n) is 4.55. The molecule has 7 nitrogen and oxygen atoms in total. The predicted octanol–water partition coefficient (Wildman–Crippen LogP) is 2.06. The van der Waals surface area contributed by atoms with E-state index in [4.69, 9.17) is 4.74 Å². The van der Waals surface area contributed by atoms with Crippen molar-refractivity contribution in [1.29, 1.82) is 0 Å². The first-order valence-electron chi connectivity index (χ1n) is 10.3. The zero-order valence-corrected chi connectivity index (χ0v) is 17.1. The van der Waals surface area contributed by atoms with Crippen LogP contribution < -0.4 is 4.74 Å². The summed E-state index contributed by atoms with van der Waals surface area (Å²) in [4.78, 5) is 20.1. The number of piperazine rings is 1. The van der Waals surface area contributed by atoms with Gasteiger partial charge in [-0.05, 0) is 50.9 Å². The number of ether oxygens (including phenoxy) is 1. The first-order chi connectivity index (χ1) is 13.6. The van der Waals surface area contributed by atoms with Crippen LogP contribution in [0.15, 0.2) is 18.2 Å². The van der Waals surface area contributed by atoms with Gasteiger partial charge in [-0.3, -0.25) is 14.8 Å². The van der Waals surface area contributed by atoms with Gasteiger partial charge < -0.3 is 14.5 Å². The fraction of sp³-hybridized carbons (Fsp3) is 0.619. The van der Waals surface area contributed by atoms with Gasteiger partial charge in [-0.25, -0.2) is 0 Å². The number of carbonyl (C=O) groups excluding carboxylic acids is 1. The maximum Gasteiger partial charge on any atom is 0.274 e. The number of amides is 1. The molecule has 2 aliphatic rings. The van der Waals surface area contributed by atoms with Crippen LogP contribution in [0.25, 0.3) is 10.9 Å². The lowest BCUT2D eigenvalue weighted by Gasteiger charge is -2.42. The van der Waals surface area contributed by atoms with E-state index in [9.17, 15) is 4.79 Å². The number of hydrogen-bond acceptors (Lipinski definition) is 5. The van der Waals surface area contributed by atoms with Crippen molar-refractivity contribution >= 4 is 16.8 Å². The average Bonchev–Trinajstić information content (AvgIpc) is 3.16. The summed E-state index contributed by atoms with van der Waals surface area (Å²) in [6.07, 6.45) is 2.12. The van der Waals surface area contributed by atoms with Gasteiger partial charge >= 0.3 is 0 Å². The molecule has 2 fully saturated rings. The number of hydrogen-bond donors (Lipinski definition) is 1. The van der Waals surface area contributed by atoms with E-state index in [2.05, 4.69) is 34.0 Å². The summed E-state index contributed by atoms with van der Waals surface area (Å²) in [6.45, 7) is 8.57. The minimum atomic E-state index is 0.0187. The molecule has 2 aliphatic heterocycles. The van der Waals surface area contributed by atoms with E-state index in [-0.39, 0.29) is 5.91 Å². The molecule has 2 aromatic rings. The van der Waals surface area contributed by atoms with Crippen molar-refractivity contribution in [2.45, 2.75) is 25.8 Å². The highest BCUT2D eigenvalue weighted by Crippen LogP contribution is 2.27. The molecule has 1 unspecified atom stereocenters. The SMILES string of the molecule is COc1ccc2[nH]nc(C(=O)N3CCC(C(C)N4CCN(C)CC4)CC3)c2c1. The molecule has 7 heteroatoms. The van der Waals surface area contributed by atoms with Gasteiger partial charge in [0.25, 0.3) is 5.91 Å². The number of piperidine rings is 1. The van der Waals surface area contributed by atoms with Gasteiger partial charge in [0.2, 0.25) is 0 Å². The Kier molecular flexibility index (Phi) is 5.55. The Morgan fingerprint density at radius 1 is 1.18 bits per heavy atom. The Morgan fingerprint density at radius 2 is 1.89 bits per heavy atom. The van der Waals surface area contributed by atoms with E-state index < -0.39 is 0 Å². The lowest BCUT2D eigenvalue weighted by atomic mass is 9.89. The fourth-order valence-corrected chi connectivity index (χ4v) is 4.55. The van der Waals surface area contributed by atoms with Gasteiger partial charge in [-0.2, -0.15) is 5.10 Å². The molecule has 4 rings (SSSR count). The third-order valence-corrected chi connectivity index (χ3v) is 6.60. The average molecular weight is 386 g/mol. The Hall–Kier alpha value is -2.12. The van der Waals surface area contributed by atoms with Gasteiger partial charge in [0.15, 0.2) is 5.69 Å².